The first-order valence-electron chi connectivity index (χ1n) is 3.94. The van der Waals surface area contributed by atoms with Gasteiger partial charge in [0.2, 0.25) is 0 Å². The van der Waals surface area contributed by atoms with Crippen molar-refractivity contribution in [1.82, 2.24) is 4.98 Å². The molecule has 0 aliphatic rings. The van der Waals surface area contributed by atoms with Crippen LogP contribution in [0.3, 0.4) is 0 Å². The van der Waals surface area contributed by atoms with Crippen molar-refractivity contribution < 1.29 is 0 Å². The maximum Gasteiger partial charge on any atom is 0.0667 e. The fourth-order valence-corrected chi connectivity index (χ4v) is 1.40. The van der Waals surface area contributed by atoms with E-state index in [1.54, 1.807) is 12.4 Å². The topological polar surface area (TPSA) is 12.9 Å². The Morgan fingerprint density at radius 2 is 2.23 bits per heavy atom. The molecule has 0 saturated heterocycles. The molecule has 0 aliphatic heterocycles. The van der Waals surface area contributed by atoms with Gasteiger partial charge < -0.3 is 0 Å². The van der Waals surface area contributed by atoms with E-state index in [-0.39, 0.29) is 0 Å². The molecule has 0 bridgehead atoms. The smallest absolute Gasteiger partial charge is 0.0667 e. The van der Waals surface area contributed by atoms with Gasteiger partial charge >= 0.3 is 0 Å². The number of benzene rings is 1. The van der Waals surface area contributed by atoms with Crippen molar-refractivity contribution in [2.45, 2.75) is 0 Å². The van der Waals surface area contributed by atoms with Gasteiger partial charge in [0, 0.05) is 18.0 Å². The Kier molecular flexibility index (Phi) is 2.28. The average molecular weight is 189 g/mol. The first-order valence-corrected chi connectivity index (χ1v) is 4.32. The Morgan fingerprint density at radius 1 is 1.31 bits per heavy atom. The van der Waals surface area contributed by atoms with Gasteiger partial charge in [0.25, 0.3) is 0 Å². The summed E-state index contributed by atoms with van der Waals surface area (Å²) in [5.41, 5.74) is 2.06. The van der Waals surface area contributed by atoms with Gasteiger partial charge in [-0.2, -0.15) is 0 Å². The lowest BCUT2D eigenvalue weighted by molar-refractivity contribution is 1.33. The minimum atomic E-state index is 0.669. The lowest BCUT2D eigenvalue weighted by Crippen LogP contribution is -1.79. The number of aromatic nitrogens is 1. The molecule has 0 aliphatic carbocycles. The molecule has 1 radical (unpaired) electrons. The summed E-state index contributed by atoms with van der Waals surface area (Å²) in [6, 6.07) is 12.6. The number of rotatable bonds is 1. The summed E-state index contributed by atoms with van der Waals surface area (Å²) in [6.45, 7) is 0. The lowest BCUT2D eigenvalue weighted by Gasteiger charge is -2.01. The van der Waals surface area contributed by atoms with Crippen LogP contribution in [-0.4, -0.2) is 4.98 Å². The molecule has 0 amide bonds. The van der Waals surface area contributed by atoms with Gasteiger partial charge in [0.05, 0.1) is 5.02 Å². The Hall–Kier alpha value is -1.34. The van der Waals surface area contributed by atoms with Crippen molar-refractivity contribution in [2.75, 3.05) is 0 Å². The SMILES string of the molecule is Clc1cnccc1-c1c[c]ccc1. The van der Waals surface area contributed by atoms with E-state index in [2.05, 4.69) is 11.1 Å². The third kappa shape index (κ3) is 1.70. The first kappa shape index (κ1) is 8.27. The summed E-state index contributed by atoms with van der Waals surface area (Å²) < 4.78 is 0. The molecule has 1 nitrogen and oxygen atoms in total. The molecule has 63 valence electrons. The monoisotopic (exact) mass is 188 g/mol. The van der Waals surface area contributed by atoms with E-state index in [9.17, 15) is 0 Å². The summed E-state index contributed by atoms with van der Waals surface area (Å²) in [4.78, 5) is 3.93. The van der Waals surface area contributed by atoms with E-state index in [4.69, 9.17) is 11.6 Å². The van der Waals surface area contributed by atoms with Gasteiger partial charge in [-0.25, -0.2) is 0 Å². The van der Waals surface area contributed by atoms with Gasteiger partial charge in [0.15, 0.2) is 0 Å². The summed E-state index contributed by atoms with van der Waals surface area (Å²) in [7, 11) is 0. The predicted molar refractivity (Wildman–Crippen MR) is 53.5 cm³/mol. The van der Waals surface area contributed by atoms with Crippen LogP contribution in [0.25, 0.3) is 11.1 Å². The van der Waals surface area contributed by atoms with Gasteiger partial charge in [0.1, 0.15) is 0 Å². The quantitative estimate of drug-likeness (QED) is 0.670. The molecular formula is C11H7ClN. The predicted octanol–water partition coefficient (Wildman–Crippen LogP) is 3.20. The minimum Gasteiger partial charge on any atom is -0.263 e. The number of halogens is 1. The average Bonchev–Trinajstić information content (AvgIpc) is 2.20. The third-order valence-corrected chi connectivity index (χ3v) is 2.09. The summed E-state index contributed by atoms with van der Waals surface area (Å²) in [5.74, 6) is 0. The number of nitrogens with zero attached hydrogens (tertiary/aromatic N) is 1. The van der Waals surface area contributed by atoms with Crippen LogP contribution in [0.5, 0.6) is 0 Å². The molecule has 2 aromatic rings. The zero-order valence-electron chi connectivity index (χ0n) is 6.87. The van der Waals surface area contributed by atoms with E-state index in [1.807, 2.05) is 30.3 Å². The molecule has 0 saturated carbocycles. The molecule has 0 N–H and O–H groups in total. The summed E-state index contributed by atoms with van der Waals surface area (Å²) in [5, 5.41) is 0.669. The standard InChI is InChI=1S/C11H7ClN/c12-11-8-13-7-6-10(11)9-4-2-1-3-5-9/h1-2,4-8H. The van der Waals surface area contributed by atoms with Crippen LogP contribution >= 0.6 is 11.6 Å². The van der Waals surface area contributed by atoms with E-state index in [0.717, 1.165) is 11.1 Å². The minimum absolute atomic E-state index is 0.669. The zero-order chi connectivity index (χ0) is 9.10. The molecule has 1 aromatic carbocycles. The van der Waals surface area contributed by atoms with Crippen LogP contribution < -0.4 is 0 Å². The maximum atomic E-state index is 5.98. The van der Waals surface area contributed by atoms with Crippen molar-refractivity contribution in [3.63, 3.8) is 0 Å². The molecule has 0 fully saturated rings. The fourth-order valence-electron chi connectivity index (χ4n) is 1.17. The molecule has 1 heterocycles. The van der Waals surface area contributed by atoms with Crippen molar-refractivity contribution in [3.8, 4) is 11.1 Å². The van der Waals surface area contributed by atoms with Gasteiger partial charge in [-0.3, -0.25) is 4.98 Å². The number of hydrogen-bond acceptors (Lipinski definition) is 1. The molecule has 13 heavy (non-hydrogen) atoms. The van der Waals surface area contributed by atoms with Crippen LogP contribution in [0.1, 0.15) is 0 Å². The largest absolute Gasteiger partial charge is 0.263 e. The second-order valence-electron chi connectivity index (χ2n) is 2.65. The van der Waals surface area contributed by atoms with Crippen molar-refractivity contribution in [2.24, 2.45) is 0 Å². The molecule has 2 rings (SSSR count). The van der Waals surface area contributed by atoms with Gasteiger partial charge in [-0.1, -0.05) is 29.8 Å². The number of pyridine rings is 1. The molecule has 2 heteroatoms. The third-order valence-electron chi connectivity index (χ3n) is 1.79. The number of hydrogen-bond donors (Lipinski definition) is 0. The Labute approximate surface area is 82.0 Å². The lowest BCUT2D eigenvalue weighted by atomic mass is 10.1. The van der Waals surface area contributed by atoms with E-state index >= 15 is 0 Å². The van der Waals surface area contributed by atoms with Crippen LogP contribution in [0, 0.1) is 6.07 Å². The van der Waals surface area contributed by atoms with E-state index < -0.39 is 0 Å². The Bertz CT molecular complexity index is 398. The maximum absolute atomic E-state index is 5.98. The van der Waals surface area contributed by atoms with Crippen molar-refractivity contribution in [3.05, 3.63) is 53.8 Å². The second-order valence-corrected chi connectivity index (χ2v) is 3.05. The summed E-state index contributed by atoms with van der Waals surface area (Å²) in [6.07, 6.45) is 3.37. The molecular weight excluding hydrogens is 182 g/mol. The molecule has 0 spiro atoms. The highest BCUT2D eigenvalue weighted by Gasteiger charge is 2.00. The highest BCUT2D eigenvalue weighted by atomic mass is 35.5. The van der Waals surface area contributed by atoms with E-state index in [1.165, 1.54) is 0 Å². The van der Waals surface area contributed by atoms with Gasteiger partial charge in [-0.15, -0.1) is 0 Å². The molecule has 1 aromatic heterocycles. The van der Waals surface area contributed by atoms with Crippen molar-refractivity contribution >= 4 is 11.6 Å². The van der Waals surface area contributed by atoms with Crippen LogP contribution in [0.4, 0.5) is 0 Å². The normalized spacial score (nSPS) is 9.92. The van der Waals surface area contributed by atoms with E-state index in [0.29, 0.717) is 5.02 Å². The summed E-state index contributed by atoms with van der Waals surface area (Å²) >= 11 is 5.98. The molecule has 0 unspecified atom stereocenters. The van der Waals surface area contributed by atoms with Crippen molar-refractivity contribution in [1.29, 1.82) is 0 Å². The second kappa shape index (κ2) is 3.58. The Balaban J connectivity index is 2.54. The Morgan fingerprint density at radius 3 is 2.92 bits per heavy atom. The van der Waals surface area contributed by atoms with Crippen LogP contribution in [0.2, 0.25) is 5.02 Å². The van der Waals surface area contributed by atoms with Gasteiger partial charge in [-0.05, 0) is 23.8 Å². The highest BCUT2D eigenvalue weighted by molar-refractivity contribution is 6.33. The van der Waals surface area contributed by atoms with Crippen LogP contribution in [0.15, 0.2) is 42.7 Å². The van der Waals surface area contributed by atoms with Crippen LogP contribution in [-0.2, 0) is 0 Å². The fraction of sp³-hybridized carbons (Fsp3) is 0. The molecule has 0 atom stereocenters. The zero-order valence-corrected chi connectivity index (χ0v) is 7.62. The first-order chi connectivity index (χ1) is 6.38. The highest BCUT2D eigenvalue weighted by Crippen LogP contribution is 2.25.